The lowest BCUT2D eigenvalue weighted by molar-refractivity contribution is 0.184. The molecule has 0 aliphatic heterocycles. The predicted molar refractivity (Wildman–Crippen MR) is 38.1 cm³/mol. The van der Waals surface area contributed by atoms with Crippen LogP contribution in [0.2, 0.25) is 0 Å². The molecule has 3 nitrogen and oxygen atoms in total. The lowest BCUT2D eigenvalue weighted by atomic mass is 10.1. The smallest absolute Gasteiger partial charge is 0.170 e. The Balaban J connectivity index is 2.69. The highest BCUT2D eigenvalue weighted by Gasteiger charge is 1.90. The van der Waals surface area contributed by atoms with Crippen LogP contribution in [-0.2, 0) is 11.3 Å². The van der Waals surface area contributed by atoms with Gasteiger partial charge in [-0.3, -0.25) is 9.97 Å². The minimum absolute atomic E-state index is 0.292. The van der Waals surface area contributed by atoms with Crippen molar-refractivity contribution in [1.82, 2.24) is 9.97 Å². The van der Waals surface area contributed by atoms with Crippen LogP contribution < -0.4 is 5.72 Å². The highest BCUT2D eigenvalue weighted by atomic mass is 16.5. The van der Waals surface area contributed by atoms with E-state index < -0.39 is 0 Å². The quantitative estimate of drug-likeness (QED) is 0.507. The summed E-state index contributed by atoms with van der Waals surface area (Å²) in [6.07, 6.45) is 3.29. The fourth-order valence-electron chi connectivity index (χ4n) is 0.606. The van der Waals surface area contributed by atoms with Crippen LogP contribution in [0.25, 0.3) is 0 Å². The van der Waals surface area contributed by atoms with Crippen molar-refractivity contribution in [3.05, 3.63) is 18.0 Å². The molecule has 0 saturated carbocycles. The molecule has 1 rings (SSSR count). The van der Waals surface area contributed by atoms with Gasteiger partial charge in [-0.15, -0.1) is 0 Å². The maximum atomic E-state index is 5.26. The standard InChI is InChI=1S/C6H7BN2O/c1-10-4-5-2-8-6(7)9-3-5/h2-3H,4H2,1H3. The number of hydrogen-bond acceptors (Lipinski definition) is 3. The highest BCUT2D eigenvalue weighted by Crippen LogP contribution is 1.91. The van der Waals surface area contributed by atoms with E-state index in [9.17, 15) is 0 Å². The van der Waals surface area contributed by atoms with Crippen LogP contribution in [0.4, 0.5) is 0 Å². The number of aromatic nitrogens is 2. The maximum absolute atomic E-state index is 5.26. The Morgan fingerprint density at radius 2 is 2.10 bits per heavy atom. The van der Waals surface area contributed by atoms with Gasteiger partial charge in [0.1, 0.15) is 0 Å². The van der Waals surface area contributed by atoms with Crippen LogP contribution in [0.5, 0.6) is 0 Å². The first-order chi connectivity index (χ1) is 4.83. The van der Waals surface area contributed by atoms with Gasteiger partial charge in [-0.2, -0.15) is 0 Å². The second kappa shape index (κ2) is 3.32. The predicted octanol–water partition coefficient (Wildman–Crippen LogP) is -0.583. The topological polar surface area (TPSA) is 35.0 Å². The van der Waals surface area contributed by atoms with E-state index in [0.29, 0.717) is 12.3 Å². The van der Waals surface area contributed by atoms with Crippen LogP contribution in [0.15, 0.2) is 12.4 Å². The van der Waals surface area contributed by atoms with Crippen molar-refractivity contribution >= 4 is 13.6 Å². The molecule has 0 aromatic carbocycles. The number of nitrogens with zero attached hydrogens (tertiary/aromatic N) is 2. The summed E-state index contributed by atoms with van der Waals surface area (Å²) in [5.41, 5.74) is 1.22. The summed E-state index contributed by atoms with van der Waals surface area (Å²) in [6, 6.07) is 0. The maximum Gasteiger partial charge on any atom is 0.170 e. The number of hydrogen-bond donors (Lipinski definition) is 0. The summed E-state index contributed by atoms with van der Waals surface area (Å²) >= 11 is 0. The van der Waals surface area contributed by atoms with Gasteiger partial charge in [-0.1, -0.05) is 0 Å². The zero-order valence-corrected chi connectivity index (χ0v) is 5.74. The van der Waals surface area contributed by atoms with E-state index >= 15 is 0 Å². The van der Waals surface area contributed by atoms with E-state index in [4.69, 9.17) is 12.6 Å². The van der Waals surface area contributed by atoms with Gasteiger partial charge in [-0.25, -0.2) is 0 Å². The average Bonchev–Trinajstić information content (AvgIpc) is 1.95. The number of methoxy groups -OCH3 is 1. The summed E-state index contributed by atoms with van der Waals surface area (Å²) in [4.78, 5) is 7.57. The van der Waals surface area contributed by atoms with Gasteiger partial charge in [0.25, 0.3) is 0 Å². The monoisotopic (exact) mass is 134 g/mol. The second-order valence-corrected chi connectivity index (χ2v) is 1.88. The molecule has 2 radical (unpaired) electrons. The molecular weight excluding hydrogens is 127 g/mol. The minimum Gasteiger partial charge on any atom is -0.380 e. The Kier molecular flexibility index (Phi) is 2.39. The van der Waals surface area contributed by atoms with Gasteiger partial charge >= 0.3 is 0 Å². The van der Waals surface area contributed by atoms with Crippen molar-refractivity contribution in [2.24, 2.45) is 0 Å². The van der Waals surface area contributed by atoms with E-state index in [-0.39, 0.29) is 0 Å². The molecule has 10 heavy (non-hydrogen) atoms. The lowest BCUT2D eigenvalue weighted by Crippen LogP contribution is -2.12. The molecule has 4 heteroatoms. The molecule has 0 saturated heterocycles. The molecule has 50 valence electrons. The molecule has 0 N–H and O–H groups in total. The molecule has 1 heterocycles. The minimum atomic E-state index is 0.292. The molecule has 1 aromatic heterocycles. The Labute approximate surface area is 60.9 Å². The zero-order valence-electron chi connectivity index (χ0n) is 5.74. The molecule has 0 aliphatic rings. The summed E-state index contributed by atoms with van der Waals surface area (Å²) in [5.74, 6) is 0. The van der Waals surface area contributed by atoms with E-state index in [2.05, 4.69) is 9.97 Å². The van der Waals surface area contributed by atoms with Crippen LogP contribution in [0.1, 0.15) is 5.56 Å². The summed E-state index contributed by atoms with van der Waals surface area (Å²) < 4.78 is 4.85. The van der Waals surface area contributed by atoms with Gasteiger partial charge in [0.15, 0.2) is 7.85 Å². The van der Waals surface area contributed by atoms with Gasteiger partial charge in [-0.05, 0) is 0 Å². The fraction of sp³-hybridized carbons (Fsp3) is 0.333. The summed E-state index contributed by atoms with van der Waals surface area (Å²) in [5, 5.41) is 0. The van der Waals surface area contributed by atoms with E-state index in [1.807, 2.05) is 0 Å². The van der Waals surface area contributed by atoms with Crippen LogP contribution >= 0.6 is 0 Å². The van der Waals surface area contributed by atoms with Gasteiger partial charge in [0.2, 0.25) is 0 Å². The third-order valence-electron chi connectivity index (χ3n) is 1.04. The van der Waals surface area contributed by atoms with Gasteiger partial charge in [0, 0.05) is 25.1 Å². The van der Waals surface area contributed by atoms with E-state index in [1.165, 1.54) is 0 Å². The third kappa shape index (κ3) is 1.81. The Hall–Kier alpha value is -0.895. The summed E-state index contributed by atoms with van der Waals surface area (Å²) in [7, 11) is 6.88. The Bertz CT molecular complexity index is 199. The molecular formula is C6H7BN2O. The highest BCUT2D eigenvalue weighted by molar-refractivity contribution is 6.28. The Morgan fingerprint density at radius 3 is 2.60 bits per heavy atom. The molecule has 0 aliphatic carbocycles. The molecule has 0 unspecified atom stereocenters. The molecule has 1 aromatic rings. The van der Waals surface area contributed by atoms with Crippen molar-refractivity contribution in [2.45, 2.75) is 6.61 Å². The lowest BCUT2D eigenvalue weighted by Gasteiger charge is -1.96. The molecule has 0 amide bonds. The number of ether oxygens (including phenoxy) is 1. The first kappa shape index (κ1) is 7.21. The van der Waals surface area contributed by atoms with Crippen LogP contribution in [0.3, 0.4) is 0 Å². The first-order valence-corrected chi connectivity index (χ1v) is 2.88. The number of rotatable bonds is 2. The Morgan fingerprint density at radius 1 is 1.50 bits per heavy atom. The normalized spacial score (nSPS) is 9.70. The molecule has 0 atom stereocenters. The molecule has 0 spiro atoms. The van der Waals surface area contributed by atoms with Crippen molar-refractivity contribution < 1.29 is 4.74 Å². The van der Waals surface area contributed by atoms with Crippen molar-refractivity contribution in [2.75, 3.05) is 7.11 Å². The van der Waals surface area contributed by atoms with E-state index in [1.54, 1.807) is 19.5 Å². The second-order valence-electron chi connectivity index (χ2n) is 1.88. The summed E-state index contributed by atoms with van der Waals surface area (Å²) in [6.45, 7) is 0.528. The van der Waals surface area contributed by atoms with E-state index in [0.717, 1.165) is 5.56 Å². The van der Waals surface area contributed by atoms with Crippen molar-refractivity contribution in [3.63, 3.8) is 0 Å². The molecule has 0 fully saturated rings. The van der Waals surface area contributed by atoms with Crippen LogP contribution in [0, 0.1) is 0 Å². The first-order valence-electron chi connectivity index (χ1n) is 2.88. The SMILES string of the molecule is [B]c1ncc(COC)cn1. The van der Waals surface area contributed by atoms with Gasteiger partial charge < -0.3 is 4.74 Å². The van der Waals surface area contributed by atoms with Crippen LogP contribution in [-0.4, -0.2) is 24.9 Å². The zero-order chi connectivity index (χ0) is 7.40. The third-order valence-corrected chi connectivity index (χ3v) is 1.04. The molecule has 0 bridgehead atoms. The fourth-order valence-corrected chi connectivity index (χ4v) is 0.606. The van der Waals surface area contributed by atoms with Crippen molar-refractivity contribution in [1.29, 1.82) is 0 Å². The largest absolute Gasteiger partial charge is 0.380 e. The van der Waals surface area contributed by atoms with Crippen molar-refractivity contribution in [3.8, 4) is 0 Å². The average molecular weight is 134 g/mol. The van der Waals surface area contributed by atoms with Gasteiger partial charge in [0.05, 0.1) is 12.3 Å².